The number of hydrogen-bond acceptors (Lipinski definition) is 2. The van der Waals surface area contributed by atoms with Gasteiger partial charge in [0.1, 0.15) is 0 Å². The summed E-state index contributed by atoms with van der Waals surface area (Å²) in [5.74, 6) is 1.07. The van der Waals surface area contributed by atoms with Gasteiger partial charge in [-0.15, -0.1) is 0 Å². The van der Waals surface area contributed by atoms with E-state index in [-0.39, 0.29) is 0 Å². The fourth-order valence-electron chi connectivity index (χ4n) is 0.173. The van der Waals surface area contributed by atoms with E-state index < -0.39 is 8.03 Å². The molecule has 0 aliphatic heterocycles. The van der Waals surface area contributed by atoms with Crippen LogP contribution in [0, 0.1) is 0 Å². The Balaban J connectivity index is 3.50. The Labute approximate surface area is 47.8 Å². The van der Waals surface area contributed by atoms with Gasteiger partial charge in [0.05, 0.1) is 6.26 Å². The number of rotatable bonds is 2. The summed E-state index contributed by atoms with van der Waals surface area (Å²) < 4.78 is 9.82. The van der Waals surface area contributed by atoms with E-state index in [1.54, 1.807) is 0 Å². The van der Waals surface area contributed by atoms with E-state index >= 15 is 0 Å². The molecular formula is C4H6O3P+. The molecule has 0 amide bonds. The Morgan fingerprint density at radius 1 is 1.38 bits per heavy atom. The summed E-state index contributed by atoms with van der Waals surface area (Å²) in [4.78, 5) is 8.09. The van der Waals surface area contributed by atoms with Crippen molar-refractivity contribution in [1.29, 1.82) is 0 Å². The topological polar surface area (TPSA) is 57.5 Å². The molecule has 0 fully saturated rings. The molecule has 4 heteroatoms. The van der Waals surface area contributed by atoms with Gasteiger partial charge in [-0.2, -0.15) is 4.89 Å². The molecule has 2 N–H and O–H groups in total. The van der Waals surface area contributed by atoms with E-state index in [0.29, 0.717) is 0 Å². The normalized spacial score (nSPS) is 13.4. The maximum absolute atomic E-state index is 9.82. The summed E-state index contributed by atoms with van der Waals surface area (Å²) in [5.41, 5.74) is 0. The number of aliphatic hydroxyl groups is 1. The molecular weight excluding hydrogens is 127 g/mol. The largest absolute Gasteiger partial charge is 0.538 e. The van der Waals surface area contributed by atoms with E-state index in [2.05, 4.69) is 0 Å². The van der Waals surface area contributed by atoms with Gasteiger partial charge in [-0.3, -0.25) is 0 Å². The van der Waals surface area contributed by atoms with Crippen molar-refractivity contribution >= 4 is 8.03 Å². The zero-order valence-corrected chi connectivity index (χ0v) is 4.95. The Kier molecular flexibility index (Phi) is 4.13. The summed E-state index contributed by atoms with van der Waals surface area (Å²) in [7, 11) is -2.20. The molecule has 0 spiro atoms. The first-order valence-corrected chi connectivity index (χ1v) is 3.18. The van der Waals surface area contributed by atoms with Gasteiger partial charge in [-0.1, -0.05) is 0 Å². The molecule has 0 aromatic carbocycles. The molecule has 1 unspecified atom stereocenters. The van der Waals surface area contributed by atoms with Crippen LogP contribution < -0.4 is 0 Å². The van der Waals surface area contributed by atoms with Crippen molar-refractivity contribution in [3.63, 3.8) is 0 Å². The van der Waals surface area contributed by atoms with Crippen molar-refractivity contribution in [3.05, 3.63) is 24.2 Å². The second kappa shape index (κ2) is 4.50. The van der Waals surface area contributed by atoms with Crippen LogP contribution in [0.2, 0.25) is 0 Å². The average molecular weight is 133 g/mol. The average Bonchev–Trinajstić information content (AvgIpc) is 1.66. The maximum Gasteiger partial charge on any atom is 0.538 e. The standard InChI is InChI=1S/C4H5O3P/c5-3-1-2-4-8(6)7/h1-4H,(H-,5,6,7)/p+1. The summed E-state index contributed by atoms with van der Waals surface area (Å²) in [6.45, 7) is 0. The van der Waals surface area contributed by atoms with Gasteiger partial charge in [0.25, 0.3) is 0 Å². The van der Waals surface area contributed by atoms with Crippen LogP contribution >= 0.6 is 8.03 Å². The highest BCUT2D eigenvalue weighted by Crippen LogP contribution is 2.13. The minimum absolute atomic E-state index is 0.787. The smallest absolute Gasteiger partial charge is 0.516 e. The molecule has 0 aliphatic carbocycles. The van der Waals surface area contributed by atoms with Crippen LogP contribution in [0.1, 0.15) is 0 Å². The quantitative estimate of drug-likeness (QED) is 0.339. The zero-order chi connectivity index (χ0) is 6.41. The lowest BCUT2D eigenvalue weighted by Crippen LogP contribution is -1.48. The number of aliphatic hydroxyl groups excluding tert-OH is 1. The molecule has 0 saturated heterocycles. The highest BCUT2D eigenvalue weighted by atomic mass is 31.1. The van der Waals surface area contributed by atoms with Crippen LogP contribution in [-0.4, -0.2) is 10.00 Å². The number of allylic oxidation sites excluding steroid dienone is 2. The molecule has 0 heterocycles. The molecule has 1 atom stereocenters. The van der Waals surface area contributed by atoms with Crippen LogP contribution in [0.3, 0.4) is 0 Å². The fourth-order valence-corrected chi connectivity index (χ4v) is 0.420. The fraction of sp³-hybridized carbons (Fsp3) is 0. The lowest BCUT2D eigenvalue weighted by Gasteiger charge is -1.61. The van der Waals surface area contributed by atoms with Gasteiger partial charge in [-0.05, 0) is 16.7 Å². The highest BCUT2D eigenvalue weighted by Gasteiger charge is 1.97. The predicted octanol–water partition coefficient (Wildman–Crippen LogP) is 1.31. The summed E-state index contributed by atoms with van der Waals surface area (Å²) >= 11 is 0. The third-order valence-electron chi connectivity index (χ3n) is 0.411. The molecule has 0 aromatic rings. The van der Waals surface area contributed by atoms with Crippen molar-refractivity contribution in [2.24, 2.45) is 0 Å². The SMILES string of the molecule is O=[P+](O)C=CC=CO. The molecule has 0 radical (unpaired) electrons. The lowest BCUT2D eigenvalue weighted by atomic mass is 10.6. The minimum atomic E-state index is -2.20. The van der Waals surface area contributed by atoms with Crippen molar-refractivity contribution in [1.82, 2.24) is 0 Å². The first-order valence-electron chi connectivity index (χ1n) is 1.90. The van der Waals surface area contributed by atoms with E-state index in [0.717, 1.165) is 12.1 Å². The van der Waals surface area contributed by atoms with Gasteiger partial charge in [0, 0.05) is 0 Å². The van der Waals surface area contributed by atoms with Crippen molar-refractivity contribution in [3.8, 4) is 0 Å². The molecule has 0 bridgehead atoms. The van der Waals surface area contributed by atoms with E-state index in [4.69, 9.17) is 10.00 Å². The maximum atomic E-state index is 9.82. The van der Waals surface area contributed by atoms with E-state index in [1.165, 1.54) is 12.2 Å². The second-order valence-corrected chi connectivity index (χ2v) is 1.89. The molecule has 3 nitrogen and oxygen atoms in total. The van der Waals surface area contributed by atoms with Crippen molar-refractivity contribution in [2.45, 2.75) is 0 Å². The Bertz CT molecular complexity index is 127. The van der Waals surface area contributed by atoms with Crippen LogP contribution in [0.5, 0.6) is 0 Å². The first-order chi connectivity index (χ1) is 3.77. The minimum Gasteiger partial charge on any atom is -0.516 e. The van der Waals surface area contributed by atoms with Crippen LogP contribution in [0.25, 0.3) is 0 Å². The van der Waals surface area contributed by atoms with Gasteiger partial charge in [0.2, 0.25) is 0 Å². The van der Waals surface area contributed by atoms with Crippen LogP contribution in [-0.2, 0) is 4.57 Å². The van der Waals surface area contributed by atoms with E-state index in [9.17, 15) is 4.57 Å². The monoisotopic (exact) mass is 133 g/mol. The first kappa shape index (κ1) is 7.34. The summed E-state index contributed by atoms with van der Waals surface area (Å²) in [5, 5.41) is 7.97. The van der Waals surface area contributed by atoms with Crippen LogP contribution in [0.4, 0.5) is 0 Å². The molecule has 0 aromatic heterocycles. The Morgan fingerprint density at radius 2 is 2.00 bits per heavy atom. The van der Waals surface area contributed by atoms with Gasteiger partial charge >= 0.3 is 8.03 Å². The molecule has 0 aliphatic rings. The summed E-state index contributed by atoms with van der Waals surface area (Å²) in [6, 6.07) is 0. The molecule has 8 heavy (non-hydrogen) atoms. The van der Waals surface area contributed by atoms with Gasteiger partial charge in [-0.25, -0.2) is 0 Å². The second-order valence-electron chi connectivity index (χ2n) is 0.986. The van der Waals surface area contributed by atoms with Gasteiger partial charge < -0.3 is 5.11 Å². The van der Waals surface area contributed by atoms with Crippen molar-refractivity contribution in [2.75, 3.05) is 0 Å². The summed E-state index contributed by atoms with van der Waals surface area (Å²) in [6.07, 6.45) is 3.33. The van der Waals surface area contributed by atoms with Gasteiger partial charge in [0.15, 0.2) is 5.82 Å². The third kappa shape index (κ3) is 5.34. The van der Waals surface area contributed by atoms with Crippen molar-refractivity contribution < 1.29 is 14.6 Å². The third-order valence-corrected chi connectivity index (χ3v) is 0.838. The predicted molar refractivity (Wildman–Crippen MR) is 30.7 cm³/mol. The van der Waals surface area contributed by atoms with E-state index in [1.807, 2.05) is 0 Å². The Morgan fingerprint density at radius 3 is 2.38 bits per heavy atom. The lowest BCUT2D eigenvalue weighted by molar-refractivity contribution is 0.474. The Hall–Kier alpha value is -0.660. The highest BCUT2D eigenvalue weighted by molar-refractivity contribution is 7.41. The molecule has 0 saturated carbocycles. The molecule has 44 valence electrons. The zero-order valence-electron chi connectivity index (χ0n) is 4.06. The number of hydrogen-bond donors (Lipinski definition) is 2. The molecule has 0 rings (SSSR count). The van der Waals surface area contributed by atoms with Crippen LogP contribution in [0.15, 0.2) is 24.2 Å².